The second-order valence-corrected chi connectivity index (χ2v) is 9.11. The van der Waals surface area contributed by atoms with Crippen LogP contribution in [0.4, 0.5) is 5.82 Å². The molecule has 1 saturated heterocycles. The maximum atomic E-state index is 11.4. The number of thioether (sulfide) groups is 1. The number of hydrogen-bond acceptors (Lipinski definition) is 8. The van der Waals surface area contributed by atoms with Crippen molar-refractivity contribution in [3.05, 3.63) is 6.33 Å². The van der Waals surface area contributed by atoms with Gasteiger partial charge in [0.1, 0.15) is 11.6 Å². The average molecular weight is 393 g/mol. The van der Waals surface area contributed by atoms with Crippen LogP contribution >= 0.6 is 20.2 Å². The fourth-order valence-corrected chi connectivity index (χ4v) is 5.97. The van der Waals surface area contributed by atoms with Gasteiger partial charge in [-0.1, -0.05) is 11.8 Å². The van der Waals surface area contributed by atoms with E-state index < -0.39 is 5.79 Å². The number of aromatic nitrogens is 4. The van der Waals surface area contributed by atoms with E-state index in [-0.39, 0.29) is 32.1 Å². The minimum Gasteiger partial charge on any atom is -0.382 e. The summed E-state index contributed by atoms with van der Waals surface area (Å²) in [4.78, 5) is 13.4. The first kappa shape index (κ1) is 16.9. The van der Waals surface area contributed by atoms with Crippen LogP contribution in [-0.4, -0.2) is 49.9 Å². The molecular formula is C16H20N5O3PS. The maximum Gasteiger partial charge on any atom is 0.191 e. The van der Waals surface area contributed by atoms with Crippen molar-refractivity contribution in [2.45, 2.75) is 49.5 Å². The molecule has 10 heteroatoms. The maximum absolute atomic E-state index is 11.4. The highest BCUT2D eigenvalue weighted by molar-refractivity contribution is 7.98. The Morgan fingerprint density at radius 1 is 1.42 bits per heavy atom. The van der Waals surface area contributed by atoms with Gasteiger partial charge in [0.25, 0.3) is 0 Å². The molecule has 3 heterocycles. The van der Waals surface area contributed by atoms with Gasteiger partial charge >= 0.3 is 0 Å². The van der Waals surface area contributed by atoms with Gasteiger partial charge in [-0.3, -0.25) is 4.57 Å². The number of imidazole rings is 1. The zero-order chi connectivity index (χ0) is 18.3. The Morgan fingerprint density at radius 2 is 2.23 bits per heavy atom. The normalized spacial score (nSPS) is 37.2. The van der Waals surface area contributed by atoms with E-state index in [1.807, 2.05) is 20.1 Å². The largest absolute Gasteiger partial charge is 0.382 e. The molecule has 2 aliphatic carbocycles. The van der Waals surface area contributed by atoms with Gasteiger partial charge in [-0.15, -0.1) is 0 Å². The summed E-state index contributed by atoms with van der Waals surface area (Å²) in [6, 6.07) is 0.0394. The molecule has 0 radical (unpaired) electrons. The van der Waals surface area contributed by atoms with E-state index in [9.17, 15) is 4.57 Å². The molecule has 0 spiro atoms. The molecule has 5 atom stereocenters. The highest BCUT2D eigenvalue weighted by Crippen LogP contribution is 2.72. The minimum atomic E-state index is -0.650. The van der Waals surface area contributed by atoms with E-state index in [0.717, 1.165) is 12.1 Å². The number of nitrogens with two attached hydrogens (primary N) is 1. The Labute approximate surface area is 156 Å². The summed E-state index contributed by atoms with van der Waals surface area (Å²) < 4.78 is 26.0. The molecule has 2 aromatic heterocycles. The minimum absolute atomic E-state index is 0.0394. The van der Waals surface area contributed by atoms with Crippen molar-refractivity contribution >= 4 is 37.2 Å². The molecule has 2 aromatic rings. The molecule has 3 fully saturated rings. The first-order valence-corrected chi connectivity index (χ1v) is 10.8. The molecule has 5 rings (SSSR count). The van der Waals surface area contributed by atoms with Gasteiger partial charge in [0, 0.05) is 11.6 Å². The highest BCUT2D eigenvalue weighted by atomic mass is 32.2. The zero-order valence-corrected chi connectivity index (χ0v) is 16.5. The van der Waals surface area contributed by atoms with Gasteiger partial charge < -0.3 is 19.8 Å². The third-order valence-electron chi connectivity index (χ3n) is 5.91. The lowest BCUT2D eigenvalue weighted by atomic mass is 10.0. The third kappa shape index (κ3) is 2.14. The van der Waals surface area contributed by atoms with Gasteiger partial charge in [0.05, 0.1) is 18.5 Å². The van der Waals surface area contributed by atoms with E-state index in [1.165, 1.54) is 11.8 Å². The number of nitrogen functional groups attached to an aromatic ring is 1. The summed E-state index contributed by atoms with van der Waals surface area (Å²) in [6.07, 6.45) is 5.09. The number of nitrogens with zero attached hydrogens (tertiary/aromatic N) is 4. The number of hydrogen-bond donors (Lipinski definition) is 1. The Morgan fingerprint density at radius 3 is 2.96 bits per heavy atom. The third-order valence-corrected chi connectivity index (χ3v) is 7.18. The molecule has 0 bridgehead atoms. The molecule has 0 amide bonds. The molecule has 3 aliphatic rings. The number of fused-ring (bicyclic) bond motifs is 4. The lowest BCUT2D eigenvalue weighted by molar-refractivity contribution is -0.160. The molecular weight excluding hydrogens is 373 g/mol. The van der Waals surface area contributed by atoms with Crippen LogP contribution in [0.3, 0.4) is 0 Å². The Balaban J connectivity index is 1.63. The van der Waals surface area contributed by atoms with E-state index in [1.54, 1.807) is 6.33 Å². The molecule has 2 saturated carbocycles. The summed E-state index contributed by atoms with van der Waals surface area (Å²) in [7, 11) is 0.153. The standard InChI is InChI=1S/C16H20N5O3PS/c1-15(2)23-10-9(7-4-16(7,5-25-22)11(10)24-15)21-6-18-8-12(17)19-14(26-3)20-13(8)21/h6-7,9-11H,4-5H2,1-3H3,(H2,17,19,20)/t7-,9-,10-,11?,16+/m1/s1. The second-order valence-electron chi connectivity index (χ2n) is 7.76. The van der Waals surface area contributed by atoms with Crippen molar-refractivity contribution in [3.8, 4) is 0 Å². The van der Waals surface area contributed by atoms with Crippen molar-refractivity contribution in [2.75, 3.05) is 18.2 Å². The summed E-state index contributed by atoms with van der Waals surface area (Å²) in [6.45, 7) is 3.86. The number of ether oxygens (including phenoxy) is 2. The van der Waals surface area contributed by atoms with E-state index in [2.05, 4.69) is 19.5 Å². The van der Waals surface area contributed by atoms with Crippen molar-refractivity contribution < 1.29 is 14.0 Å². The SMILES string of the molecule is CSc1nc(N)c2ncn([C@@H]3[C@H]4C[C@@]4(CP=O)C4OC(C)(C)O[C@@H]43)c2n1. The fourth-order valence-electron chi connectivity index (χ4n) is 4.82. The first-order valence-electron chi connectivity index (χ1n) is 8.59. The van der Waals surface area contributed by atoms with Crippen LogP contribution in [0, 0.1) is 11.3 Å². The lowest BCUT2D eigenvalue weighted by Gasteiger charge is -2.24. The van der Waals surface area contributed by atoms with Gasteiger partial charge in [0.15, 0.2) is 30.9 Å². The van der Waals surface area contributed by atoms with E-state index in [4.69, 9.17) is 15.2 Å². The summed E-state index contributed by atoms with van der Waals surface area (Å²) in [5.41, 5.74) is 7.31. The highest BCUT2D eigenvalue weighted by Gasteiger charge is 2.75. The molecule has 1 aliphatic heterocycles. The van der Waals surface area contributed by atoms with Crippen LogP contribution in [0.15, 0.2) is 11.5 Å². The number of rotatable bonds is 4. The molecule has 8 nitrogen and oxygen atoms in total. The average Bonchev–Trinajstić information content (AvgIpc) is 2.86. The molecule has 2 N–H and O–H groups in total. The van der Waals surface area contributed by atoms with Crippen molar-refractivity contribution in [1.82, 2.24) is 19.5 Å². The van der Waals surface area contributed by atoms with Crippen LogP contribution < -0.4 is 5.73 Å². The summed E-state index contributed by atoms with van der Waals surface area (Å²) in [5, 5.41) is 0.621. The lowest BCUT2D eigenvalue weighted by Crippen LogP contribution is -2.32. The zero-order valence-electron chi connectivity index (χ0n) is 14.7. The van der Waals surface area contributed by atoms with Crippen molar-refractivity contribution in [3.63, 3.8) is 0 Å². The monoisotopic (exact) mass is 393 g/mol. The Bertz CT molecular complexity index is 921. The van der Waals surface area contributed by atoms with E-state index in [0.29, 0.717) is 28.6 Å². The van der Waals surface area contributed by atoms with E-state index >= 15 is 0 Å². The van der Waals surface area contributed by atoms with Crippen LogP contribution in [0.1, 0.15) is 26.3 Å². The molecule has 138 valence electrons. The first-order chi connectivity index (χ1) is 12.4. The van der Waals surface area contributed by atoms with Crippen LogP contribution in [0.2, 0.25) is 0 Å². The second kappa shape index (κ2) is 5.38. The topological polar surface area (TPSA) is 105 Å². The van der Waals surface area contributed by atoms with Gasteiger partial charge in [0.2, 0.25) is 0 Å². The van der Waals surface area contributed by atoms with Crippen LogP contribution in [0.25, 0.3) is 11.2 Å². The van der Waals surface area contributed by atoms with Gasteiger partial charge in [-0.2, -0.15) is 0 Å². The molecule has 1 unspecified atom stereocenters. The molecule has 26 heavy (non-hydrogen) atoms. The molecule has 0 aromatic carbocycles. The van der Waals surface area contributed by atoms with Crippen molar-refractivity contribution in [2.24, 2.45) is 11.3 Å². The van der Waals surface area contributed by atoms with Crippen LogP contribution in [-0.2, 0) is 14.0 Å². The predicted octanol–water partition coefficient (Wildman–Crippen LogP) is 2.50. The van der Waals surface area contributed by atoms with Crippen molar-refractivity contribution in [1.29, 1.82) is 0 Å². The predicted molar refractivity (Wildman–Crippen MR) is 97.4 cm³/mol. The fraction of sp³-hybridized carbons (Fsp3) is 0.688. The Kier molecular flexibility index (Phi) is 3.49. The van der Waals surface area contributed by atoms with Gasteiger partial charge in [-0.25, -0.2) is 15.0 Å². The quantitative estimate of drug-likeness (QED) is 0.480. The summed E-state index contributed by atoms with van der Waals surface area (Å²) >= 11 is 1.45. The van der Waals surface area contributed by atoms with Gasteiger partial charge in [-0.05, 0) is 32.4 Å². The summed E-state index contributed by atoms with van der Waals surface area (Å²) in [5.74, 6) is 0.0704. The smallest absolute Gasteiger partial charge is 0.191 e. The Hall–Kier alpha value is -1.28. The number of anilines is 1. The van der Waals surface area contributed by atoms with Crippen LogP contribution in [0.5, 0.6) is 0 Å².